The molecule has 4 heterocycles. The van der Waals surface area contributed by atoms with E-state index in [-0.39, 0.29) is 43.2 Å². The predicted molar refractivity (Wildman–Crippen MR) is 255 cm³/mol. The zero-order valence-corrected chi connectivity index (χ0v) is 41.2. The number of rotatable bonds is 5. The Hall–Kier alpha value is -4.99. The zero-order valence-electron chi connectivity index (χ0n) is 38.9. The average Bonchev–Trinajstić information content (AvgIpc) is 3.68. The van der Waals surface area contributed by atoms with Crippen molar-refractivity contribution in [1.82, 2.24) is 9.55 Å². The Kier molecular flexibility index (Phi) is 10.4. The van der Waals surface area contributed by atoms with Crippen molar-refractivity contribution in [3.05, 3.63) is 160 Å². The number of anilines is 3. The van der Waals surface area contributed by atoms with Crippen LogP contribution in [0.1, 0.15) is 128 Å². The molecule has 9 rings (SSSR count). The monoisotopic (exact) mass is 999 g/mol. The van der Waals surface area contributed by atoms with E-state index in [1.165, 1.54) is 44.2 Å². The molecule has 0 saturated carbocycles. The average molecular weight is 1000 g/mol. The van der Waals surface area contributed by atoms with Crippen LogP contribution in [0.3, 0.4) is 0 Å². The number of pyridine rings is 1. The summed E-state index contributed by atoms with van der Waals surface area (Å²) in [7, 11) is 0. The molecule has 5 aromatic carbocycles. The molecule has 2 atom stereocenters. The van der Waals surface area contributed by atoms with E-state index in [9.17, 15) is 0 Å². The molecule has 7 aromatic rings. The van der Waals surface area contributed by atoms with E-state index < -0.39 is 11.1 Å². The van der Waals surface area contributed by atoms with Crippen molar-refractivity contribution >= 4 is 44.8 Å². The summed E-state index contributed by atoms with van der Waals surface area (Å²) in [6.07, 6.45) is 1.95. The first-order chi connectivity index (χ1) is 28.6. The van der Waals surface area contributed by atoms with Crippen LogP contribution in [0.2, 0.25) is 0 Å². The van der Waals surface area contributed by atoms with Gasteiger partial charge in [-0.15, -0.1) is 40.8 Å². The second-order valence-electron chi connectivity index (χ2n) is 20.9. The molecular formula is C56H60N4OPt. The third kappa shape index (κ3) is 6.76. The predicted octanol–water partition coefficient (Wildman–Crippen LogP) is 14.2. The molecule has 0 amide bonds. The molecule has 320 valence electrons. The molecule has 0 N–H and O–H groups in total. The number of hydrogen-bond donors (Lipinski definition) is 0. The minimum Gasteiger partial charge on any atom is -0.508 e. The molecule has 0 spiro atoms. The molecular weight excluding hydrogens is 940 g/mol. The van der Waals surface area contributed by atoms with E-state index in [1.807, 2.05) is 6.20 Å². The second-order valence-corrected chi connectivity index (χ2v) is 20.9. The molecule has 2 aliphatic rings. The van der Waals surface area contributed by atoms with Crippen LogP contribution < -0.4 is 4.90 Å². The maximum Gasteiger partial charge on any atom is 2.00 e. The van der Waals surface area contributed by atoms with E-state index in [4.69, 9.17) is 14.7 Å². The van der Waals surface area contributed by atoms with Gasteiger partial charge in [0, 0.05) is 17.4 Å². The molecule has 2 aliphatic heterocycles. The fourth-order valence-corrected chi connectivity index (χ4v) is 9.61. The second kappa shape index (κ2) is 14.8. The van der Waals surface area contributed by atoms with Gasteiger partial charge in [-0.3, -0.25) is 4.99 Å². The van der Waals surface area contributed by atoms with Crippen molar-refractivity contribution in [2.75, 3.05) is 4.90 Å². The maximum absolute atomic E-state index is 7.18. The van der Waals surface area contributed by atoms with E-state index in [2.05, 4.69) is 216 Å². The fourth-order valence-electron chi connectivity index (χ4n) is 9.61. The summed E-state index contributed by atoms with van der Waals surface area (Å²) in [4.78, 5) is 12.9. The number of benzene rings is 5. The maximum atomic E-state index is 7.18. The van der Waals surface area contributed by atoms with Gasteiger partial charge in [-0.05, 0) is 102 Å². The van der Waals surface area contributed by atoms with Crippen LogP contribution in [0.5, 0.6) is 0 Å². The molecule has 2 aromatic heterocycles. The smallest absolute Gasteiger partial charge is 0.508 e. The summed E-state index contributed by atoms with van der Waals surface area (Å²) in [5.41, 5.74) is 12.7. The number of nitrogens with zero attached hydrogens (tertiary/aromatic N) is 4. The number of aryl methyl sites for hydroxylation is 2. The Morgan fingerprint density at radius 1 is 0.694 bits per heavy atom. The number of hydrogen-bond acceptors (Lipinski definition) is 4. The summed E-state index contributed by atoms with van der Waals surface area (Å²) < 4.78 is 9.49. The van der Waals surface area contributed by atoms with Crippen LogP contribution in [0.4, 0.5) is 17.1 Å². The van der Waals surface area contributed by atoms with E-state index in [0.29, 0.717) is 5.90 Å². The number of fused-ring (bicyclic) bond motifs is 5. The van der Waals surface area contributed by atoms with Gasteiger partial charge in [0.25, 0.3) is 0 Å². The Morgan fingerprint density at radius 3 is 2.05 bits per heavy atom. The first kappa shape index (κ1) is 43.6. The van der Waals surface area contributed by atoms with Gasteiger partial charge in [0.15, 0.2) is 0 Å². The first-order valence-electron chi connectivity index (χ1n) is 21.9. The largest absolute Gasteiger partial charge is 2.00 e. The van der Waals surface area contributed by atoms with Crippen LogP contribution in [0.15, 0.2) is 108 Å². The van der Waals surface area contributed by atoms with Crippen molar-refractivity contribution in [3.63, 3.8) is 0 Å². The van der Waals surface area contributed by atoms with Gasteiger partial charge in [-0.25, -0.2) is 4.98 Å². The first-order valence-corrected chi connectivity index (χ1v) is 21.9. The van der Waals surface area contributed by atoms with Gasteiger partial charge in [-0.2, -0.15) is 6.07 Å². The summed E-state index contributed by atoms with van der Waals surface area (Å²) in [6, 6.07) is 43.6. The topological polar surface area (TPSA) is 42.7 Å². The standard InChI is InChI=1S/C56H60N4O.Pt/c1-34(2)55(13)56(14,38-18-16-15-17-19-38)61-51(58-55)37-28-40(53(8,9)10)30-41(29-37)59-47-23-21-36(4)27-44(47)54(11,12)45-32-43-42-26-35(3)20-22-46(42)60(48(43)33-49(45)59)50-31-39(24-25-57-50)52(5,6)7;/h15-28,30-32,34H,1-14H3;/q-2;+2/t55-,56-;/m1./s1. The van der Waals surface area contributed by atoms with Crippen LogP contribution in [-0.4, -0.2) is 21.0 Å². The Balaban J connectivity index is 0.00000529. The molecule has 0 aliphatic carbocycles. The molecule has 0 fully saturated rings. The summed E-state index contributed by atoms with van der Waals surface area (Å²) in [5, 5.41) is 2.36. The third-order valence-corrected chi connectivity index (χ3v) is 14.0. The van der Waals surface area contributed by atoms with Crippen LogP contribution >= 0.6 is 0 Å². The van der Waals surface area contributed by atoms with Crippen molar-refractivity contribution in [3.8, 4) is 5.82 Å². The van der Waals surface area contributed by atoms with Crippen molar-refractivity contribution in [2.24, 2.45) is 10.9 Å². The van der Waals surface area contributed by atoms with Crippen LogP contribution in [-0.2, 0) is 47.6 Å². The molecule has 0 bridgehead atoms. The van der Waals surface area contributed by atoms with Gasteiger partial charge in [0.1, 0.15) is 17.3 Å². The Bertz CT molecular complexity index is 2930. The molecule has 0 unspecified atom stereocenters. The molecule has 62 heavy (non-hydrogen) atoms. The minimum absolute atomic E-state index is 0. The molecule has 6 heteroatoms. The minimum atomic E-state index is -0.682. The number of aromatic nitrogens is 2. The van der Waals surface area contributed by atoms with Gasteiger partial charge < -0.3 is 14.2 Å². The quantitative estimate of drug-likeness (QED) is 0.161. The van der Waals surface area contributed by atoms with Crippen molar-refractivity contribution < 1.29 is 25.8 Å². The summed E-state index contributed by atoms with van der Waals surface area (Å²) >= 11 is 0. The van der Waals surface area contributed by atoms with E-state index in [0.717, 1.165) is 45.0 Å². The van der Waals surface area contributed by atoms with Crippen LogP contribution in [0.25, 0.3) is 27.6 Å². The van der Waals surface area contributed by atoms with Gasteiger partial charge in [0.2, 0.25) is 0 Å². The van der Waals surface area contributed by atoms with Crippen molar-refractivity contribution in [1.29, 1.82) is 0 Å². The Morgan fingerprint density at radius 2 is 1.37 bits per heavy atom. The van der Waals surface area contributed by atoms with Gasteiger partial charge in [0.05, 0.1) is 5.54 Å². The zero-order chi connectivity index (χ0) is 43.6. The van der Waals surface area contributed by atoms with Crippen LogP contribution in [0, 0.1) is 31.9 Å². The molecule has 0 saturated heterocycles. The van der Waals surface area contributed by atoms with Gasteiger partial charge >= 0.3 is 21.1 Å². The van der Waals surface area contributed by atoms with E-state index >= 15 is 0 Å². The molecule has 5 nitrogen and oxygen atoms in total. The normalized spacial score (nSPS) is 19.6. The van der Waals surface area contributed by atoms with Gasteiger partial charge in [-0.1, -0.05) is 152 Å². The Labute approximate surface area is 383 Å². The third-order valence-electron chi connectivity index (χ3n) is 14.0. The van der Waals surface area contributed by atoms with Crippen molar-refractivity contribution in [2.45, 2.75) is 124 Å². The number of aliphatic imine (C=N–C) groups is 1. The summed E-state index contributed by atoms with van der Waals surface area (Å²) in [5.74, 6) is 1.72. The molecule has 0 radical (unpaired) electrons. The number of ether oxygens (including phenoxy) is 1. The summed E-state index contributed by atoms with van der Waals surface area (Å²) in [6.45, 7) is 31.6. The van der Waals surface area contributed by atoms with E-state index in [1.54, 1.807) is 0 Å². The fraction of sp³-hybridized carbons (Fsp3) is 0.357. The SMILES string of the molecule is Cc1ccc2c(c1)C(C)(C)c1cc3c4cc(C)ccc4n(-c4cc(C(C)(C)C)ccn4)c3[c-]c1N2c1[c-]c(C2=N[C@](C)(C(C)C)[C@@](C)(c3ccccc3)O2)cc(C(C)(C)C)c1.[Pt+2].